The van der Waals surface area contributed by atoms with Gasteiger partial charge in [-0.05, 0) is 37.3 Å². The van der Waals surface area contributed by atoms with Gasteiger partial charge in [-0.2, -0.15) is 5.10 Å². The molecule has 29 heavy (non-hydrogen) atoms. The quantitative estimate of drug-likeness (QED) is 0.374. The van der Waals surface area contributed by atoms with Gasteiger partial charge in [-0.25, -0.2) is 9.67 Å². The van der Waals surface area contributed by atoms with Crippen LogP contribution in [-0.2, 0) is 4.79 Å². The lowest BCUT2D eigenvalue weighted by atomic mass is 10.3. The summed E-state index contributed by atoms with van der Waals surface area (Å²) in [6, 6.07) is 16.3. The number of carbonyl (C=O) groups is 1. The highest BCUT2D eigenvalue weighted by atomic mass is 35.5. The van der Waals surface area contributed by atoms with Crippen molar-refractivity contribution >= 4 is 46.0 Å². The first-order valence-corrected chi connectivity index (χ1v) is 10.0. The molecule has 0 radical (unpaired) electrons. The Bertz CT molecular complexity index is 1240. The van der Waals surface area contributed by atoms with Crippen LogP contribution in [0.4, 0.5) is 5.69 Å². The Kier molecular flexibility index (Phi) is 5.37. The largest absolute Gasteiger partial charge is 0.325 e. The smallest absolute Gasteiger partial charge is 0.262 e. The van der Waals surface area contributed by atoms with Gasteiger partial charge in [0, 0.05) is 10.7 Å². The third-order valence-corrected chi connectivity index (χ3v) is 5.39. The molecule has 0 fully saturated rings. The molecule has 7 nitrogen and oxygen atoms in total. The van der Waals surface area contributed by atoms with E-state index in [9.17, 15) is 9.59 Å². The van der Waals surface area contributed by atoms with E-state index in [1.54, 1.807) is 35.9 Å². The van der Waals surface area contributed by atoms with Gasteiger partial charge in [0.15, 0.2) is 10.8 Å². The second-order valence-corrected chi connectivity index (χ2v) is 8.03. The van der Waals surface area contributed by atoms with Crippen molar-refractivity contribution in [3.63, 3.8) is 0 Å². The van der Waals surface area contributed by atoms with E-state index < -0.39 is 5.25 Å². The third-order valence-electron chi connectivity index (χ3n) is 4.17. The summed E-state index contributed by atoms with van der Waals surface area (Å²) in [6.07, 6.45) is 1.48. The van der Waals surface area contributed by atoms with Crippen LogP contribution in [0.25, 0.3) is 16.7 Å². The number of hydrogen-bond donors (Lipinski definition) is 2. The number of amides is 1. The molecular weight excluding hydrogens is 410 g/mol. The second-order valence-electron chi connectivity index (χ2n) is 6.26. The van der Waals surface area contributed by atoms with Crippen LogP contribution in [-0.4, -0.2) is 30.9 Å². The number of aromatic nitrogens is 4. The van der Waals surface area contributed by atoms with Crippen molar-refractivity contribution in [3.05, 3.63) is 76.2 Å². The van der Waals surface area contributed by atoms with Crippen molar-refractivity contribution in [2.24, 2.45) is 0 Å². The molecule has 146 valence electrons. The Hall–Kier alpha value is -3.10. The highest BCUT2D eigenvalue weighted by Crippen LogP contribution is 2.23. The molecule has 2 heterocycles. The molecule has 9 heteroatoms. The number of hydrogen-bond acceptors (Lipinski definition) is 5. The average Bonchev–Trinajstić information content (AvgIpc) is 3.13. The maximum atomic E-state index is 12.5. The van der Waals surface area contributed by atoms with Crippen LogP contribution in [0.5, 0.6) is 0 Å². The molecule has 0 aliphatic heterocycles. The summed E-state index contributed by atoms with van der Waals surface area (Å²) in [5, 5.41) is 7.85. The van der Waals surface area contributed by atoms with Crippen molar-refractivity contribution < 1.29 is 4.79 Å². The molecule has 0 bridgehead atoms. The number of benzene rings is 2. The summed E-state index contributed by atoms with van der Waals surface area (Å²) in [4.78, 5) is 32.2. The van der Waals surface area contributed by atoms with Crippen molar-refractivity contribution in [1.29, 1.82) is 0 Å². The summed E-state index contributed by atoms with van der Waals surface area (Å²) in [5.74, 6) is -0.225. The van der Waals surface area contributed by atoms with Crippen LogP contribution in [0.1, 0.15) is 6.92 Å². The highest BCUT2D eigenvalue weighted by molar-refractivity contribution is 8.00. The Balaban J connectivity index is 1.59. The Morgan fingerprint density at radius 2 is 2.00 bits per heavy atom. The standard InChI is InChI=1S/C20H16ClN5O2S/c1-12(18(27)23-14-7-5-6-13(21)10-14)29-20-24-17-16(19(28)25-20)11-22-26(17)15-8-3-2-4-9-15/h2-12H,1H3,(H,23,27)(H,24,25,28). The van der Waals surface area contributed by atoms with Gasteiger partial charge in [-0.15, -0.1) is 0 Å². The lowest BCUT2D eigenvalue weighted by Gasteiger charge is -2.12. The van der Waals surface area contributed by atoms with Crippen LogP contribution in [0.2, 0.25) is 5.02 Å². The van der Waals surface area contributed by atoms with Gasteiger partial charge in [0.25, 0.3) is 5.56 Å². The lowest BCUT2D eigenvalue weighted by Crippen LogP contribution is -2.23. The van der Waals surface area contributed by atoms with Gasteiger partial charge in [-0.3, -0.25) is 9.59 Å². The van der Waals surface area contributed by atoms with E-state index in [1.165, 1.54) is 6.20 Å². The number of fused-ring (bicyclic) bond motifs is 1. The van der Waals surface area contributed by atoms with Crippen molar-refractivity contribution in [1.82, 2.24) is 19.7 Å². The Labute approximate surface area is 175 Å². The van der Waals surface area contributed by atoms with Gasteiger partial charge in [0.1, 0.15) is 5.39 Å². The van der Waals surface area contributed by atoms with Crippen LogP contribution >= 0.6 is 23.4 Å². The zero-order valence-corrected chi connectivity index (χ0v) is 16.9. The summed E-state index contributed by atoms with van der Waals surface area (Å²) in [6.45, 7) is 1.74. The van der Waals surface area contributed by atoms with E-state index in [-0.39, 0.29) is 11.5 Å². The van der Waals surface area contributed by atoms with Gasteiger partial charge < -0.3 is 10.3 Å². The van der Waals surface area contributed by atoms with Crippen molar-refractivity contribution in [2.45, 2.75) is 17.3 Å². The third kappa shape index (κ3) is 4.18. The predicted octanol–water partition coefficient (Wildman–Crippen LogP) is 3.88. The van der Waals surface area contributed by atoms with E-state index in [1.807, 2.05) is 30.3 Å². The van der Waals surface area contributed by atoms with Gasteiger partial charge in [0.2, 0.25) is 5.91 Å². The highest BCUT2D eigenvalue weighted by Gasteiger charge is 2.18. The zero-order chi connectivity index (χ0) is 20.4. The summed E-state index contributed by atoms with van der Waals surface area (Å²) in [5.41, 5.74) is 1.53. The van der Waals surface area contributed by atoms with Crippen molar-refractivity contribution in [3.8, 4) is 5.69 Å². The van der Waals surface area contributed by atoms with Gasteiger partial charge in [-0.1, -0.05) is 47.6 Å². The molecule has 1 atom stereocenters. The molecule has 2 aromatic carbocycles. The molecule has 0 spiro atoms. The molecule has 1 unspecified atom stereocenters. The molecule has 4 aromatic rings. The van der Waals surface area contributed by atoms with Crippen LogP contribution in [0, 0.1) is 0 Å². The van der Waals surface area contributed by atoms with Crippen LogP contribution < -0.4 is 10.9 Å². The Morgan fingerprint density at radius 3 is 2.76 bits per heavy atom. The normalized spacial score (nSPS) is 12.1. The molecule has 2 N–H and O–H groups in total. The molecule has 2 aromatic heterocycles. The second kappa shape index (κ2) is 8.10. The number of para-hydroxylation sites is 1. The van der Waals surface area contributed by atoms with Gasteiger partial charge >= 0.3 is 0 Å². The summed E-state index contributed by atoms with van der Waals surface area (Å²) in [7, 11) is 0. The summed E-state index contributed by atoms with van der Waals surface area (Å²) < 4.78 is 1.60. The van der Waals surface area contributed by atoms with Gasteiger partial charge in [0.05, 0.1) is 17.1 Å². The minimum atomic E-state index is -0.498. The Morgan fingerprint density at radius 1 is 1.21 bits per heavy atom. The maximum absolute atomic E-state index is 12.5. The number of thioether (sulfide) groups is 1. The molecular formula is C20H16ClN5O2S. The predicted molar refractivity (Wildman–Crippen MR) is 115 cm³/mol. The fraction of sp³-hybridized carbons (Fsp3) is 0.100. The molecule has 0 saturated heterocycles. The number of rotatable bonds is 5. The number of halogens is 1. The van der Waals surface area contributed by atoms with E-state index in [2.05, 4.69) is 20.4 Å². The number of nitrogens with zero attached hydrogens (tertiary/aromatic N) is 3. The number of carbonyl (C=O) groups excluding carboxylic acids is 1. The monoisotopic (exact) mass is 425 g/mol. The zero-order valence-electron chi connectivity index (χ0n) is 15.3. The van der Waals surface area contributed by atoms with Crippen LogP contribution in [0.15, 0.2) is 70.7 Å². The van der Waals surface area contributed by atoms with E-state index >= 15 is 0 Å². The van der Waals surface area contributed by atoms with E-state index in [4.69, 9.17) is 11.6 Å². The molecule has 1 amide bonds. The fourth-order valence-corrected chi connectivity index (χ4v) is 3.73. The topological polar surface area (TPSA) is 92.7 Å². The molecule has 0 aliphatic rings. The number of aromatic amines is 1. The van der Waals surface area contributed by atoms with E-state index in [0.29, 0.717) is 26.9 Å². The summed E-state index contributed by atoms with van der Waals surface area (Å²) >= 11 is 7.11. The minimum absolute atomic E-state index is 0.225. The molecule has 0 aliphatic carbocycles. The SMILES string of the molecule is CC(Sc1nc2c(cnn2-c2ccccc2)c(=O)[nH]1)C(=O)Nc1cccc(Cl)c1. The first-order valence-electron chi connectivity index (χ1n) is 8.78. The van der Waals surface area contributed by atoms with E-state index in [0.717, 1.165) is 17.4 Å². The average molecular weight is 426 g/mol. The van der Waals surface area contributed by atoms with Crippen molar-refractivity contribution in [2.75, 3.05) is 5.32 Å². The van der Waals surface area contributed by atoms with Crippen LogP contribution in [0.3, 0.4) is 0 Å². The first-order chi connectivity index (χ1) is 14.0. The first kappa shape index (κ1) is 19.2. The lowest BCUT2D eigenvalue weighted by molar-refractivity contribution is -0.115. The maximum Gasteiger partial charge on any atom is 0.262 e. The number of H-pyrrole nitrogens is 1. The minimum Gasteiger partial charge on any atom is -0.325 e. The number of anilines is 1. The molecule has 4 rings (SSSR count). The fourth-order valence-electron chi connectivity index (χ4n) is 2.74. The molecule has 0 saturated carbocycles. The number of nitrogens with one attached hydrogen (secondary N) is 2.